The Balaban J connectivity index is 2.26. The van der Waals surface area contributed by atoms with Gasteiger partial charge in [0.05, 0.1) is 25.3 Å². The molecule has 0 radical (unpaired) electrons. The number of fused-ring (bicyclic) bond motifs is 1. The number of hydrogen-bond acceptors (Lipinski definition) is 4. The Bertz CT molecular complexity index is 904. The van der Waals surface area contributed by atoms with Crippen molar-refractivity contribution in [1.82, 2.24) is 10.6 Å². The van der Waals surface area contributed by atoms with Crippen LogP contribution >= 0.6 is 0 Å². The lowest BCUT2D eigenvalue weighted by Crippen LogP contribution is -2.46. The summed E-state index contributed by atoms with van der Waals surface area (Å²) < 4.78 is 10.9. The maximum absolute atomic E-state index is 12.8. The van der Waals surface area contributed by atoms with E-state index in [0.29, 0.717) is 23.4 Å². The molecular weight excluding hydrogens is 344 g/mol. The zero-order chi connectivity index (χ0) is 19.4. The number of methoxy groups -OCH3 is 1. The molecule has 27 heavy (non-hydrogen) atoms. The summed E-state index contributed by atoms with van der Waals surface area (Å²) in [7, 11) is 1.58. The largest absolute Gasteiger partial charge is 0.496 e. The van der Waals surface area contributed by atoms with Crippen molar-refractivity contribution < 1.29 is 19.1 Å². The zero-order valence-electron chi connectivity index (χ0n) is 15.8. The highest BCUT2D eigenvalue weighted by molar-refractivity contribution is 5.98. The molecule has 142 valence electrons. The van der Waals surface area contributed by atoms with Crippen LogP contribution < -0.4 is 15.4 Å². The predicted octanol–water partition coefficient (Wildman–Crippen LogP) is 3.82. The zero-order valence-corrected chi connectivity index (χ0v) is 15.8. The van der Waals surface area contributed by atoms with Crippen LogP contribution in [0.5, 0.6) is 5.75 Å². The van der Waals surface area contributed by atoms with Gasteiger partial charge in [-0.3, -0.25) is 0 Å². The van der Waals surface area contributed by atoms with Gasteiger partial charge in [-0.05, 0) is 30.2 Å². The second-order valence-electron chi connectivity index (χ2n) is 6.30. The van der Waals surface area contributed by atoms with E-state index in [1.165, 1.54) is 0 Å². The lowest BCUT2D eigenvalue weighted by atomic mass is 9.89. The number of carbonyl (C=O) groups is 2. The van der Waals surface area contributed by atoms with Gasteiger partial charge in [-0.15, -0.1) is 0 Å². The van der Waals surface area contributed by atoms with E-state index in [4.69, 9.17) is 9.47 Å². The van der Waals surface area contributed by atoms with Crippen LogP contribution in [-0.2, 0) is 9.53 Å². The van der Waals surface area contributed by atoms with Crippen LogP contribution in [0.1, 0.15) is 38.3 Å². The van der Waals surface area contributed by atoms with Gasteiger partial charge in [0.15, 0.2) is 0 Å². The van der Waals surface area contributed by atoms with Crippen LogP contribution in [0.25, 0.3) is 10.8 Å². The molecule has 1 unspecified atom stereocenters. The van der Waals surface area contributed by atoms with Crippen molar-refractivity contribution in [2.45, 2.75) is 32.7 Å². The molecule has 1 aliphatic rings. The molecule has 0 saturated heterocycles. The highest BCUT2D eigenvalue weighted by Crippen LogP contribution is 2.39. The average molecular weight is 368 g/mol. The first-order valence-electron chi connectivity index (χ1n) is 9.14. The first kappa shape index (κ1) is 18.8. The summed E-state index contributed by atoms with van der Waals surface area (Å²) in [6.45, 7) is 4.02. The molecule has 0 saturated carbocycles. The van der Waals surface area contributed by atoms with Gasteiger partial charge in [0, 0.05) is 11.3 Å². The molecule has 0 bridgehead atoms. The standard InChI is InChI=1S/C21H24N2O4/c1-4-8-15-18(20(24)27-5-2)19(23-21(25)22-15)17-14-10-7-6-9-13(14)11-12-16(17)26-3/h6-7,9-12,19H,4-5,8H2,1-3H3,(H2,22,23,25). The van der Waals surface area contributed by atoms with E-state index in [1.807, 2.05) is 43.3 Å². The Morgan fingerprint density at radius 2 is 1.93 bits per heavy atom. The Morgan fingerprint density at radius 1 is 1.15 bits per heavy atom. The van der Waals surface area contributed by atoms with Crippen molar-refractivity contribution in [3.05, 3.63) is 53.2 Å². The molecule has 2 amide bonds. The van der Waals surface area contributed by atoms with Crippen molar-refractivity contribution in [2.75, 3.05) is 13.7 Å². The molecular formula is C21H24N2O4. The van der Waals surface area contributed by atoms with Gasteiger partial charge in [0.25, 0.3) is 0 Å². The Hall–Kier alpha value is -3.02. The summed E-state index contributed by atoms with van der Waals surface area (Å²) in [5, 5.41) is 7.59. The molecule has 0 aromatic heterocycles. The van der Waals surface area contributed by atoms with Crippen LogP contribution in [0.3, 0.4) is 0 Å². The Kier molecular flexibility index (Phi) is 5.64. The summed E-state index contributed by atoms with van der Waals surface area (Å²) in [4.78, 5) is 25.1. The van der Waals surface area contributed by atoms with E-state index < -0.39 is 12.0 Å². The van der Waals surface area contributed by atoms with Crippen molar-refractivity contribution in [2.24, 2.45) is 0 Å². The topological polar surface area (TPSA) is 76.7 Å². The smallest absolute Gasteiger partial charge is 0.338 e. The molecule has 6 nitrogen and oxygen atoms in total. The maximum Gasteiger partial charge on any atom is 0.338 e. The maximum atomic E-state index is 12.8. The number of amides is 2. The SMILES string of the molecule is CCCC1=C(C(=O)OCC)C(c2c(OC)ccc3ccccc23)NC(=O)N1. The quantitative estimate of drug-likeness (QED) is 0.760. The monoisotopic (exact) mass is 368 g/mol. The fourth-order valence-corrected chi connectivity index (χ4v) is 3.48. The second kappa shape index (κ2) is 8.12. The second-order valence-corrected chi connectivity index (χ2v) is 6.30. The van der Waals surface area contributed by atoms with Crippen molar-refractivity contribution in [3.8, 4) is 5.75 Å². The number of esters is 1. The number of carbonyl (C=O) groups excluding carboxylic acids is 2. The van der Waals surface area contributed by atoms with Gasteiger partial charge in [0.1, 0.15) is 5.75 Å². The molecule has 3 rings (SSSR count). The summed E-state index contributed by atoms with van der Waals surface area (Å²) >= 11 is 0. The lowest BCUT2D eigenvalue weighted by Gasteiger charge is -2.31. The minimum atomic E-state index is -0.652. The summed E-state index contributed by atoms with van der Waals surface area (Å²) in [5.41, 5.74) is 1.77. The molecule has 0 aliphatic carbocycles. The van der Waals surface area contributed by atoms with E-state index in [1.54, 1.807) is 14.0 Å². The first-order valence-corrected chi connectivity index (χ1v) is 9.14. The molecule has 1 atom stereocenters. The fraction of sp³-hybridized carbons (Fsp3) is 0.333. The first-order chi connectivity index (χ1) is 13.1. The number of ether oxygens (including phenoxy) is 2. The summed E-state index contributed by atoms with van der Waals surface area (Å²) in [6.07, 6.45) is 1.36. The average Bonchev–Trinajstić information content (AvgIpc) is 2.67. The van der Waals surface area contributed by atoms with Gasteiger partial charge in [0.2, 0.25) is 0 Å². The van der Waals surface area contributed by atoms with Gasteiger partial charge in [-0.25, -0.2) is 9.59 Å². The molecule has 2 N–H and O–H groups in total. The normalized spacial score (nSPS) is 16.7. The number of rotatable bonds is 6. The fourth-order valence-electron chi connectivity index (χ4n) is 3.48. The van der Waals surface area contributed by atoms with Crippen LogP contribution in [-0.4, -0.2) is 25.7 Å². The highest BCUT2D eigenvalue weighted by atomic mass is 16.5. The van der Waals surface area contributed by atoms with E-state index in [-0.39, 0.29) is 12.6 Å². The highest BCUT2D eigenvalue weighted by Gasteiger charge is 2.35. The predicted molar refractivity (Wildman–Crippen MR) is 103 cm³/mol. The van der Waals surface area contributed by atoms with Gasteiger partial charge >= 0.3 is 12.0 Å². The summed E-state index contributed by atoms with van der Waals surface area (Å²) in [6, 6.07) is 10.6. The van der Waals surface area contributed by atoms with Crippen LogP contribution in [0, 0.1) is 0 Å². The molecule has 1 aliphatic heterocycles. The summed E-state index contributed by atoms with van der Waals surface area (Å²) in [5.74, 6) is 0.173. The van der Waals surface area contributed by atoms with Gasteiger partial charge in [-0.2, -0.15) is 0 Å². The lowest BCUT2D eigenvalue weighted by molar-refractivity contribution is -0.139. The minimum Gasteiger partial charge on any atom is -0.496 e. The van der Waals surface area contributed by atoms with Crippen molar-refractivity contribution in [1.29, 1.82) is 0 Å². The number of urea groups is 1. The van der Waals surface area contributed by atoms with Gasteiger partial charge in [-0.1, -0.05) is 43.7 Å². The third kappa shape index (κ3) is 3.60. The van der Waals surface area contributed by atoms with E-state index >= 15 is 0 Å². The van der Waals surface area contributed by atoms with Crippen molar-refractivity contribution >= 4 is 22.8 Å². The van der Waals surface area contributed by atoms with Crippen molar-refractivity contribution in [3.63, 3.8) is 0 Å². The van der Waals surface area contributed by atoms with E-state index in [0.717, 1.165) is 22.8 Å². The van der Waals surface area contributed by atoms with Crippen LogP contribution in [0.4, 0.5) is 4.79 Å². The van der Waals surface area contributed by atoms with E-state index in [9.17, 15) is 9.59 Å². The van der Waals surface area contributed by atoms with Crippen LogP contribution in [0.15, 0.2) is 47.7 Å². The molecule has 2 aromatic rings. The number of hydrogen-bond donors (Lipinski definition) is 2. The third-order valence-electron chi connectivity index (χ3n) is 4.59. The van der Waals surface area contributed by atoms with Crippen LogP contribution in [0.2, 0.25) is 0 Å². The third-order valence-corrected chi connectivity index (χ3v) is 4.59. The number of allylic oxidation sites excluding steroid dienone is 1. The molecule has 1 heterocycles. The molecule has 6 heteroatoms. The molecule has 0 fully saturated rings. The number of benzene rings is 2. The van der Waals surface area contributed by atoms with E-state index in [2.05, 4.69) is 10.6 Å². The van der Waals surface area contributed by atoms with Gasteiger partial charge < -0.3 is 20.1 Å². The molecule has 2 aromatic carbocycles. The number of nitrogens with one attached hydrogen (secondary N) is 2. The Morgan fingerprint density at radius 3 is 2.63 bits per heavy atom. The molecule has 0 spiro atoms. The Labute approximate surface area is 158 Å². The minimum absolute atomic E-state index is 0.259.